The first-order valence-corrected chi connectivity index (χ1v) is 6.79. The summed E-state index contributed by atoms with van der Waals surface area (Å²) in [6.45, 7) is 3.94. The van der Waals surface area contributed by atoms with Crippen LogP contribution in [0.15, 0.2) is 42.5 Å². The summed E-state index contributed by atoms with van der Waals surface area (Å²) < 4.78 is 13.3. The Kier molecular flexibility index (Phi) is 4.26. The summed E-state index contributed by atoms with van der Waals surface area (Å²) in [4.78, 5) is 14.0. The molecule has 0 aliphatic carbocycles. The standard InChI is InChI=1S/C17H19FN2O/c1-11-4-6-13(7-5-11)12(2)20(3)17(21)15-10-14(18)8-9-16(15)19/h4-10,12H,19H2,1-3H3. The lowest BCUT2D eigenvalue weighted by Crippen LogP contribution is -2.30. The van der Waals surface area contributed by atoms with Crippen molar-refractivity contribution >= 4 is 11.6 Å². The largest absolute Gasteiger partial charge is 0.398 e. The van der Waals surface area contributed by atoms with Crippen LogP contribution in [0.1, 0.15) is 34.5 Å². The lowest BCUT2D eigenvalue weighted by molar-refractivity contribution is 0.0743. The highest BCUT2D eigenvalue weighted by Gasteiger charge is 2.21. The predicted molar refractivity (Wildman–Crippen MR) is 82.5 cm³/mol. The van der Waals surface area contributed by atoms with Gasteiger partial charge in [-0.25, -0.2) is 4.39 Å². The molecule has 2 aromatic carbocycles. The number of nitrogen functional groups attached to an aromatic ring is 1. The second kappa shape index (κ2) is 5.95. The summed E-state index contributed by atoms with van der Waals surface area (Å²) in [5, 5.41) is 0. The van der Waals surface area contributed by atoms with Crippen LogP contribution in [0.25, 0.3) is 0 Å². The molecule has 0 aliphatic heterocycles. The molecule has 0 saturated carbocycles. The zero-order valence-corrected chi connectivity index (χ0v) is 12.4. The van der Waals surface area contributed by atoms with Crippen molar-refractivity contribution in [3.05, 3.63) is 65.0 Å². The highest BCUT2D eigenvalue weighted by molar-refractivity contribution is 5.99. The number of amides is 1. The maximum absolute atomic E-state index is 13.3. The zero-order valence-electron chi connectivity index (χ0n) is 12.4. The Morgan fingerprint density at radius 3 is 2.43 bits per heavy atom. The first-order valence-electron chi connectivity index (χ1n) is 6.79. The van der Waals surface area contributed by atoms with Gasteiger partial charge in [-0.3, -0.25) is 4.79 Å². The molecule has 3 nitrogen and oxygen atoms in total. The number of aryl methyl sites for hydroxylation is 1. The molecular weight excluding hydrogens is 267 g/mol. The third-order valence-corrected chi connectivity index (χ3v) is 3.71. The predicted octanol–water partition coefficient (Wildman–Crippen LogP) is 3.55. The summed E-state index contributed by atoms with van der Waals surface area (Å²) in [5.41, 5.74) is 8.43. The van der Waals surface area contributed by atoms with Crippen LogP contribution >= 0.6 is 0 Å². The molecule has 1 unspecified atom stereocenters. The Bertz CT molecular complexity index is 652. The third-order valence-electron chi connectivity index (χ3n) is 3.71. The van der Waals surface area contributed by atoms with Crippen LogP contribution in [-0.2, 0) is 0 Å². The van der Waals surface area contributed by atoms with E-state index in [9.17, 15) is 9.18 Å². The molecule has 0 heterocycles. The van der Waals surface area contributed by atoms with Gasteiger partial charge in [0, 0.05) is 12.7 Å². The molecule has 1 atom stereocenters. The minimum absolute atomic E-state index is 0.124. The van der Waals surface area contributed by atoms with E-state index < -0.39 is 5.82 Å². The first-order chi connectivity index (χ1) is 9.90. The Morgan fingerprint density at radius 2 is 1.81 bits per heavy atom. The van der Waals surface area contributed by atoms with E-state index in [-0.39, 0.29) is 23.2 Å². The molecule has 21 heavy (non-hydrogen) atoms. The number of nitrogens with zero attached hydrogens (tertiary/aromatic N) is 1. The van der Waals surface area contributed by atoms with Gasteiger partial charge in [-0.05, 0) is 37.6 Å². The van der Waals surface area contributed by atoms with Crippen LogP contribution in [-0.4, -0.2) is 17.9 Å². The second-order valence-electron chi connectivity index (χ2n) is 5.23. The van der Waals surface area contributed by atoms with Crippen molar-refractivity contribution in [2.45, 2.75) is 19.9 Å². The number of carbonyl (C=O) groups is 1. The summed E-state index contributed by atoms with van der Waals surface area (Å²) in [7, 11) is 1.69. The van der Waals surface area contributed by atoms with Gasteiger partial charge in [0.1, 0.15) is 5.82 Å². The van der Waals surface area contributed by atoms with E-state index >= 15 is 0 Å². The van der Waals surface area contributed by atoms with Crippen molar-refractivity contribution in [3.63, 3.8) is 0 Å². The molecule has 1 amide bonds. The summed E-state index contributed by atoms with van der Waals surface area (Å²) in [6.07, 6.45) is 0. The van der Waals surface area contributed by atoms with Gasteiger partial charge in [-0.1, -0.05) is 29.8 Å². The summed E-state index contributed by atoms with van der Waals surface area (Å²) >= 11 is 0. The number of halogens is 1. The summed E-state index contributed by atoms with van der Waals surface area (Å²) in [6, 6.07) is 11.7. The van der Waals surface area contributed by atoms with Gasteiger partial charge in [0.2, 0.25) is 0 Å². The van der Waals surface area contributed by atoms with Gasteiger partial charge in [0.05, 0.1) is 11.6 Å². The van der Waals surface area contributed by atoms with Crippen molar-refractivity contribution in [2.24, 2.45) is 0 Å². The van der Waals surface area contributed by atoms with Gasteiger partial charge in [0.15, 0.2) is 0 Å². The van der Waals surface area contributed by atoms with Crippen LogP contribution in [0.4, 0.5) is 10.1 Å². The molecule has 2 N–H and O–H groups in total. The molecule has 2 aromatic rings. The van der Waals surface area contributed by atoms with E-state index in [4.69, 9.17) is 5.73 Å². The SMILES string of the molecule is Cc1ccc(C(C)N(C)C(=O)c2cc(F)ccc2N)cc1. The number of hydrogen-bond donors (Lipinski definition) is 1. The first kappa shape index (κ1) is 15.0. The number of nitrogens with two attached hydrogens (primary N) is 1. The number of benzene rings is 2. The molecule has 0 bridgehead atoms. The van der Waals surface area contributed by atoms with Gasteiger partial charge in [-0.2, -0.15) is 0 Å². The average molecular weight is 286 g/mol. The highest BCUT2D eigenvalue weighted by atomic mass is 19.1. The second-order valence-corrected chi connectivity index (χ2v) is 5.23. The number of rotatable bonds is 3. The molecule has 2 rings (SSSR count). The highest BCUT2D eigenvalue weighted by Crippen LogP contribution is 2.23. The van der Waals surface area contributed by atoms with Crippen LogP contribution in [0.3, 0.4) is 0 Å². The van der Waals surface area contributed by atoms with Crippen LogP contribution in [0.5, 0.6) is 0 Å². The monoisotopic (exact) mass is 286 g/mol. The molecule has 0 fully saturated rings. The molecular formula is C17H19FN2O. The van der Waals surface area contributed by atoms with Crippen molar-refractivity contribution in [3.8, 4) is 0 Å². The van der Waals surface area contributed by atoms with Gasteiger partial charge >= 0.3 is 0 Å². The van der Waals surface area contributed by atoms with Gasteiger partial charge in [0.25, 0.3) is 5.91 Å². The lowest BCUT2D eigenvalue weighted by atomic mass is 10.0. The van der Waals surface area contributed by atoms with Crippen LogP contribution in [0, 0.1) is 12.7 Å². The molecule has 0 spiro atoms. The molecule has 0 radical (unpaired) electrons. The third kappa shape index (κ3) is 3.21. The van der Waals surface area contributed by atoms with Gasteiger partial charge < -0.3 is 10.6 Å². The number of anilines is 1. The van der Waals surface area contributed by atoms with Crippen molar-refractivity contribution < 1.29 is 9.18 Å². The molecule has 0 aromatic heterocycles. The zero-order chi connectivity index (χ0) is 15.6. The maximum Gasteiger partial charge on any atom is 0.256 e. The maximum atomic E-state index is 13.3. The minimum atomic E-state index is -0.469. The molecule has 110 valence electrons. The fraction of sp³-hybridized carbons (Fsp3) is 0.235. The lowest BCUT2D eigenvalue weighted by Gasteiger charge is -2.26. The molecule has 0 saturated heterocycles. The number of hydrogen-bond acceptors (Lipinski definition) is 2. The van der Waals surface area contributed by atoms with E-state index in [1.165, 1.54) is 18.2 Å². The Hall–Kier alpha value is -2.36. The van der Waals surface area contributed by atoms with E-state index in [0.29, 0.717) is 0 Å². The van der Waals surface area contributed by atoms with Crippen LogP contribution < -0.4 is 5.73 Å². The number of carbonyl (C=O) groups excluding carboxylic acids is 1. The fourth-order valence-corrected chi connectivity index (χ4v) is 2.15. The average Bonchev–Trinajstić information content (AvgIpc) is 2.48. The van der Waals surface area contributed by atoms with Crippen molar-refractivity contribution in [1.82, 2.24) is 4.90 Å². The van der Waals surface area contributed by atoms with E-state index in [2.05, 4.69) is 0 Å². The fourth-order valence-electron chi connectivity index (χ4n) is 2.15. The van der Waals surface area contributed by atoms with Crippen LogP contribution in [0.2, 0.25) is 0 Å². The molecule has 0 aliphatic rings. The summed E-state index contributed by atoms with van der Waals surface area (Å²) in [5.74, 6) is -0.760. The Balaban J connectivity index is 2.26. The van der Waals surface area contributed by atoms with Crippen molar-refractivity contribution in [2.75, 3.05) is 12.8 Å². The van der Waals surface area contributed by atoms with E-state index in [0.717, 1.165) is 11.1 Å². The smallest absolute Gasteiger partial charge is 0.256 e. The Labute approximate surface area is 124 Å². The quantitative estimate of drug-likeness (QED) is 0.877. The van der Waals surface area contributed by atoms with E-state index in [1.54, 1.807) is 11.9 Å². The van der Waals surface area contributed by atoms with E-state index in [1.807, 2.05) is 38.1 Å². The minimum Gasteiger partial charge on any atom is -0.398 e. The topological polar surface area (TPSA) is 46.3 Å². The van der Waals surface area contributed by atoms with Gasteiger partial charge in [-0.15, -0.1) is 0 Å². The Morgan fingerprint density at radius 1 is 1.19 bits per heavy atom. The van der Waals surface area contributed by atoms with Crippen molar-refractivity contribution in [1.29, 1.82) is 0 Å². The normalized spacial score (nSPS) is 12.0. The molecule has 4 heteroatoms.